The van der Waals surface area contributed by atoms with Crippen molar-refractivity contribution in [1.29, 1.82) is 0 Å². The first-order valence-corrected chi connectivity index (χ1v) is 5.08. The second-order valence-electron chi connectivity index (χ2n) is 3.36. The summed E-state index contributed by atoms with van der Waals surface area (Å²) in [6.45, 7) is 3.05. The van der Waals surface area contributed by atoms with Gasteiger partial charge >= 0.3 is 0 Å². The van der Waals surface area contributed by atoms with E-state index in [0.717, 1.165) is 24.7 Å². The quantitative estimate of drug-likeness (QED) is 0.821. The minimum Gasteiger partial charge on any atom is -0.355 e. The summed E-state index contributed by atoms with van der Waals surface area (Å²) >= 11 is 0. The first-order chi connectivity index (χ1) is 7.33. The van der Waals surface area contributed by atoms with Crippen molar-refractivity contribution in [2.24, 2.45) is 7.05 Å². The normalized spacial score (nSPS) is 10.5. The Kier molecular flexibility index (Phi) is 2.71. The highest BCUT2D eigenvalue weighted by atomic mass is 15.3. The SMILES string of the molecule is CCCNc1nccn1-c1ccnn1C. The smallest absolute Gasteiger partial charge is 0.208 e. The number of nitrogens with zero attached hydrogens (tertiary/aromatic N) is 4. The van der Waals surface area contributed by atoms with Gasteiger partial charge in [0.2, 0.25) is 5.95 Å². The van der Waals surface area contributed by atoms with Crippen LogP contribution in [0.4, 0.5) is 5.95 Å². The van der Waals surface area contributed by atoms with Crippen molar-refractivity contribution in [3.05, 3.63) is 24.7 Å². The van der Waals surface area contributed by atoms with Gasteiger partial charge in [-0.1, -0.05) is 6.92 Å². The molecule has 0 spiro atoms. The minimum absolute atomic E-state index is 0.862. The van der Waals surface area contributed by atoms with Gasteiger partial charge in [-0.15, -0.1) is 0 Å². The van der Waals surface area contributed by atoms with Gasteiger partial charge in [0, 0.05) is 32.1 Å². The van der Waals surface area contributed by atoms with Gasteiger partial charge in [0.1, 0.15) is 5.82 Å². The molecule has 0 aromatic carbocycles. The largest absolute Gasteiger partial charge is 0.355 e. The predicted molar refractivity (Wildman–Crippen MR) is 59.1 cm³/mol. The van der Waals surface area contributed by atoms with Crippen LogP contribution in [0, 0.1) is 0 Å². The third-order valence-electron chi connectivity index (χ3n) is 2.22. The predicted octanol–water partition coefficient (Wildman–Crippen LogP) is 1.43. The minimum atomic E-state index is 0.862. The Hall–Kier alpha value is -1.78. The maximum absolute atomic E-state index is 4.26. The van der Waals surface area contributed by atoms with Crippen molar-refractivity contribution >= 4 is 5.95 Å². The Morgan fingerprint density at radius 2 is 2.27 bits per heavy atom. The molecule has 0 unspecified atom stereocenters. The van der Waals surface area contributed by atoms with Crippen molar-refractivity contribution in [2.75, 3.05) is 11.9 Å². The molecule has 1 N–H and O–H groups in total. The molecule has 0 radical (unpaired) electrons. The molecule has 0 aliphatic heterocycles. The summed E-state index contributed by atoms with van der Waals surface area (Å²) in [7, 11) is 1.92. The Bertz CT molecular complexity index is 428. The van der Waals surface area contributed by atoms with Crippen LogP contribution in [0.5, 0.6) is 0 Å². The van der Waals surface area contributed by atoms with Crippen LogP contribution in [0.3, 0.4) is 0 Å². The van der Waals surface area contributed by atoms with Crippen molar-refractivity contribution in [1.82, 2.24) is 19.3 Å². The molecule has 0 aliphatic carbocycles. The lowest BCUT2D eigenvalue weighted by atomic mass is 10.5. The van der Waals surface area contributed by atoms with Crippen LogP contribution in [-0.4, -0.2) is 25.9 Å². The molecule has 0 atom stereocenters. The van der Waals surface area contributed by atoms with Crippen LogP contribution in [0.15, 0.2) is 24.7 Å². The van der Waals surface area contributed by atoms with Crippen LogP contribution in [0.2, 0.25) is 0 Å². The fraction of sp³-hybridized carbons (Fsp3) is 0.400. The number of hydrogen-bond donors (Lipinski definition) is 1. The molecule has 0 amide bonds. The highest BCUT2D eigenvalue weighted by molar-refractivity contribution is 5.36. The van der Waals surface area contributed by atoms with E-state index < -0.39 is 0 Å². The highest BCUT2D eigenvalue weighted by Crippen LogP contribution is 2.12. The van der Waals surface area contributed by atoms with Crippen LogP contribution >= 0.6 is 0 Å². The Morgan fingerprint density at radius 3 is 2.93 bits per heavy atom. The first kappa shape index (κ1) is 9.76. The zero-order valence-electron chi connectivity index (χ0n) is 9.01. The molecular formula is C10H15N5. The van der Waals surface area contributed by atoms with E-state index in [0.29, 0.717) is 0 Å². The van der Waals surface area contributed by atoms with Gasteiger partial charge < -0.3 is 5.32 Å². The van der Waals surface area contributed by atoms with E-state index in [-0.39, 0.29) is 0 Å². The van der Waals surface area contributed by atoms with Gasteiger partial charge in [-0.05, 0) is 6.42 Å². The summed E-state index contributed by atoms with van der Waals surface area (Å²) in [4.78, 5) is 4.26. The standard InChI is InChI=1S/C10H15N5/c1-3-5-11-10-12-7-8-15(10)9-4-6-13-14(9)2/h4,6-8H,3,5H2,1-2H3,(H,11,12). The number of nitrogens with one attached hydrogen (secondary N) is 1. The molecule has 5 nitrogen and oxygen atoms in total. The maximum atomic E-state index is 4.26. The van der Waals surface area contributed by atoms with Crippen LogP contribution in [0.1, 0.15) is 13.3 Å². The molecule has 5 heteroatoms. The Labute approximate surface area is 88.7 Å². The van der Waals surface area contributed by atoms with Crippen LogP contribution < -0.4 is 5.32 Å². The second kappa shape index (κ2) is 4.16. The van der Waals surface area contributed by atoms with Crippen molar-refractivity contribution in [3.8, 4) is 5.82 Å². The number of aryl methyl sites for hydroxylation is 1. The Balaban J connectivity index is 2.29. The average molecular weight is 205 g/mol. The van der Waals surface area contributed by atoms with E-state index in [9.17, 15) is 0 Å². The lowest BCUT2D eigenvalue weighted by Gasteiger charge is -2.08. The molecule has 0 aliphatic rings. The number of anilines is 1. The van der Waals surface area contributed by atoms with E-state index in [1.807, 2.05) is 28.6 Å². The van der Waals surface area contributed by atoms with Gasteiger partial charge in [-0.25, -0.2) is 4.98 Å². The molecule has 0 fully saturated rings. The van der Waals surface area contributed by atoms with Gasteiger partial charge in [0.25, 0.3) is 0 Å². The van der Waals surface area contributed by atoms with Crippen molar-refractivity contribution < 1.29 is 0 Å². The van der Waals surface area contributed by atoms with Crippen LogP contribution in [-0.2, 0) is 7.05 Å². The maximum Gasteiger partial charge on any atom is 0.208 e. The summed E-state index contributed by atoms with van der Waals surface area (Å²) in [6.07, 6.45) is 6.57. The Morgan fingerprint density at radius 1 is 1.40 bits per heavy atom. The number of aromatic nitrogens is 4. The zero-order valence-corrected chi connectivity index (χ0v) is 9.01. The highest BCUT2D eigenvalue weighted by Gasteiger charge is 2.06. The summed E-state index contributed by atoms with van der Waals surface area (Å²) in [5.41, 5.74) is 0. The molecular weight excluding hydrogens is 190 g/mol. The topological polar surface area (TPSA) is 47.7 Å². The third-order valence-corrected chi connectivity index (χ3v) is 2.22. The molecule has 0 saturated carbocycles. The second-order valence-corrected chi connectivity index (χ2v) is 3.36. The van der Waals surface area contributed by atoms with E-state index in [4.69, 9.17) is 0 Å². The lowest BCUT2D eigenvalue weighted by molar-refractivity contribution is 0.730. The third kappa shape index (κ3) is 1.86. The van der Waals surface area contributed by atoms with E-state index >= 15 is 0 Å². The lowest BCUT2D eigenvalue weighted by Crippen LogP contribution is -2.09. The molecule has 2 aromatic rings. The van der Waals surface area contributed by atoms with Crippen LogP contribution in [0.25, 0.3) is 5.82 Å². The van der Waals surface area contributed by atoms with E-state index in [2.05, 4.69) is 22.3 Å². The van der Waals surface area contributed by atoms with Crippen molar-refractivity contribution in [3.63, 3.8) is 0 Å². The van der Waals surface area contributed by atoms with Crippen molar-refractivity contribution in [2.45, 2.75) is 13.3 Å². The fourth-order valence-electron chi connectivity index (χ4n) is 1.46. The van der Waals surface area contributed by atoms with E-state index in [1.165, 1.54) is 0 Å². The van der Waals surface area contributed by atoms with Gasteiger partial charge in [0.15, 0.2) is 0 Å². The van der Waals surface area contributed by atoms with Gasteiger partial charge in [-0.3, -0.25) is 9.25 Å². The summed E-state index contributed by atoms with van der Waals surface area (Å²) in [6, 6.07) is 1.96. The monoisotopic (exact) mass is 205 g/mol. The van der Waals surface area contributed by atoms with E-state index in [1.54, 1.807) is 12.4 Å². The summed E-state index contributed by atoms with van der Waals surface area (Å²) in [5, 5.41) is 7.40. The van der Waals surface area contributed by atoms with Gasteiger partial charge in [0.05, 0.1) is 6.20 Å². The fourth-order valence-corrected chi connectivity index (χ4v) is 1.46. The first-order valence-electron chi connectivity index (χ1n) is 5.08. The molecule has 80 valence electrons. The zero-order chi connectivity index (χ0) is 10.7. The molecule has 15 heavy (non-hydrogen) atoms. The molecule has 2 aromatic heterocycles. The average Bonchev–Trinajstić information content (AvgIpc) is 2.82. The molecule has 2 heterocycles. The number of hydrogen-bond acceptors (Lipinski definition) is 3. The number of imidazole rings is 1. The number of rotatable bonds is 4. The molecule has 2 rings (SSSR count). The summed E-state index contributed by atoms with van der Waals surface area (Å²) < 4.78 is 3.81. The molecule has 0 bridgehead atoms. The van der Waals surface area contributed by atoms with Gasteiger partial charge in [-0.2, -0.15) is 5.10 Å². The summed E-state index contributed by atoms with van der Waals surface area (Å²) in [5.74, 6) is 1.87. The molecule has 0 saturated heterocycles.